The van der Waals surface area contributed by atoms with E-state index in [0.717, 1.165) is 5.56 Å². The molecule has 0 aromatic heterocycles. The third kappa shape index (κ3) is 5.48. The van der Waals surface area contributed by atoms with E-state index in [1.807, 2.05) is 19.1 Å². The fraction of sp³-hybridized carbons (Fsp3) is 0.364. The fourth-order valence-electron chi connectivity index (χ4n) is 3.49. The zero-order valence-electron chi connectivity index (χ0n) is 16.8. The van der Waals surface area contributed by atoms with Crippen molar-refractivity contribution in [1.29, 1.82) is 0 Å². The van der Waals surface area contributed by atoms with Crippen molar-refractivity contribution >= 4 is 11.8 Å². The fourth-order valence-corrected chi connectivity index (χ4v) is 3.49. The Morgan fingerprint density at radius 2 is 2.03 bits per heavy atom. The third-order valence-corrected chi connectivity index (χ3v) is 4.89. The maximum absolute atomic E-state index is 14.3. The predicted octanol–water partition coefficient (Wildman–Crippen LogP) is 2.20. The molecule has 3 rings (SSSR count). The lowest BCUT2D eigenvalue weighted by molar-refractivity contribution is -0.124. The van der Waals surface area contributed by atoms with E-state index in [1.165, 1.54) is 6.07 Å². The van der Waals surface area contributed by atoms with Gasteiger partial charge in [-0.15, -0.1) is 0 Å². The van der Waals surface area contributed by atoms with Crippen LogP contribution in [-0.4, -0.2) is 31.1 Å². The first-order valence-corrected chi connectivity index (χ1v) is 9.92. The minimum absolute atomic E-state index is 0.0871. The van der Waals surface area contributed by atoms with Crippen molar-refractivity contribution in [1.82, 2.24) is 10.6 Å². The lowest BCUT2D eigenvalue weighted by atomic mass is 9.91. The minimum Gasteiger partial charge on any atom is -0.490 e. The van der Waals surface area contributed by atoms with Crippen molar-refractivity contribution in [2.75, 3.05) is 13.2 Å². The lowest BCUT2D eigenvalue weighted by Crippen LogP contribution is -2.48. The molecule has 8 heteroatoms. The van der Waals surface area contributed by atoms with Crippen molar-refractivity contribution in [3.63, 3.8) is 0 Å². The number of carbonyl (C=O) groups is 2. The van der Waals surface area contributed by atoms with Gasteiger partial charge in [-0.1, -0.05) is 24.3 Å². The summed E-state index contributed by atoms with van der Waals surface area (Å²) in [7, 11) is 0. The molecule has 2 aromatic carbocycles. The molecule has 2 aromatic rings. The average molecular weight is 415 g/mol. The molecule has 1 heterocycles. The number of rotatable bonds is 9. The summed E-state index contributed by atoms with van der Waals surface area (Å²) < 4.78 is 25.3. The summed E-state index contributed by atoms with van der Waals surface area (Å²) in [6.45, 7) is 2.55. The molecule has 1 saturated heterocycles. The first-order chi connectivity index (χ1) is 14.5. The second-order valence-corrected chi connectivity index (χ2v) is 7.06. The molecule has 2 atom stereocenters. The zero-order chi connectivity index (χ0) is 21.5. The number of ether oxygens (including phenoxy) is 2. The van der Waals surface area contributed by atoms with Gasteiger partial charge in [0.05, 0.1) is 12.6 Å². The molecule has 0 spiro atoms. The van der Waals surface area contributed by atoms with E-state index >= 15 is 0 Å². The maximum Gasteiger partial charge on any atom is 0.255 e. The Kier molecular flexibility index (Phi) is 7.24. The van der Waals surface area contributed by atoms with Crippen LogP contribution in [0.2, 0.25) is 0 Å². The Morgan fingerprint density at radius 1 is 1.23 bits per heavy atom. The van der Waals surface area contributed by atoms with Gasteiger partial charge in [0.15, 0.2) is 18.1 Å². The molecule has 4 N–H and O–H groups in total. The minimum atomic E-state index is -0.568. The highest BCUT2D eigenvalue weighted by Gasteiger charge is 2.31. The van der Waals surface area contributed by atoms with Gasteiger partial charge in [-0.25, -0.2) is 4.39 Å². The number of halogens is 1. The van der Waals surface area contributed by atoms with E-state index in [-0.39, 0.29) is 24.4 Å². The molecule has 0 saturated carbocycles. The standard InChI is InChI=1S/C22H26FN3O4/c1-2-29-19-11-14(7-9-18(19)30-13-20(24)27)12-25-17-8-10-21(28)26-22(17)15-5-3-4-6-16(15)23/h3-7,9,11,17,22,25H,2,8,10,12-13H2,1H3,(H2,24,27)(H,26,28)/t17-,22+/m1/s1. The Labute approximate surface area is 174 Å². The van der Waals surface area contributed by atoms with Crippen molar-refractivity contribution in [3.05, 3.63) is 59.4 Å². The number of hydrogen-bond donors (Lipinski definition) is 3. The van der Waals surface area contributed by atoms with Crippen LogP contribution < -0.4 is 25.8 Å². The monoisotopic (exact) mass is 415 g/mol. The van der Waals surface area contributed by atoms with Crippen LogP contribution in [0.4, 0.5) is 4.39 Å². The van der Waals surface area contributed by atoms with Crippen LogP contribution in [0.1, 0.15) is 36.9 Å². The molecule has 0 bridgehead atoms. The molecule has 1 fully saturated rings. The second kappa shape index (κ2) is 10.1. The smallest absolute Gasteiger partial charge is 0.255 e. The summed E-state index contributed by atoms with van der Waals surface area (Å²) in [6, 6.07) is 11.3. The summed E-state index contributed by atoms with van der Waals surface area (Å²) in [5, 5.41) is 6.32. The normalized spacial score (nSPS) is 18.5. The van der Waals surface area contributed by atoms with Gasteiger partial charge in [0.1, 0.15) is 5.82 Å². The molecular formula is C22H26FN3O4. The number of benzene rings is 2. The van der Waals surface area contributed by atoms with Crippen LogP contribution in [0.15, 0.2) is 42.5 Å². The van der Waals surface area contributed by atoms with Crippen LogP contribution in [-0.2, 0) is 16.1 Å². The number of carbonyl (C=O) groups excluding carboxylic acids is 2. The van der Waals surface area contributed by atoms with Crippen molar-refractivity contribution in [3.8, 4) is 11.5 Å². The number of primary amides is 1. The molecule has 30 heavy (non-hydrogen) atoms. The van der Waals surface area contributed by atoms with Crippen LogP contribution >= 0.6 is 0 Å². The average Bonchev–Trinajstić information content (AvgIpc) is 2.72. The Bertz CT molecular complexity index is 906. The zero-order valence-corrected chi connectivity index (χ0v) is 16.8. The Balaban J connectivity index is 1.72. The number of piperidine rings is 1. The van der Waals surface area contributed by atoms with Crippen LogP contribution in [0, 0.1) is 5.82 Å². The topological polar surface area (TPSA) is 103 Å². The molecular weight excluding hydrogens is 389 g/mol. The highest BCUT2D eigenvalue weighted by molar-refractivity contribution is 5.77. The lowest BCUT2D eigenvalue weighted by Gasteiger charge is -2.33. The summed E-state index contributed by atoms with van der Waals surface area (Å²) in [4.78, 5) is 22.9. The maximum atomic E-state index is 14.3. The van der Waals surface area contributed by atoms with E-state index in [9.17, 15) is 14.0 Å². The van der Waals surface area contributed by atoms with Gasteiger partial charge in [0.25, 0.3) is 5.91 Å². The third-order valence-electron chi connectivity index (χ3n) is 4.89. The Morgan fingerprint density at radius 3 is 2.77 bits per heavy atom. The first-order valence-electron chi connectivity index (χ1n) is 9.92. The molecule has 1 aliphatic heterocycles. The van der Waals surface area contributed by atoms with Crippen molar-refractivity contribution in [2.45, 2.75) is 38.4 Å². The molecule has 2 amide bonds. The van der Waals surface area contributed by atoms with Gasteiger partial charge in [0.2, 0.25) is 5.91 Å². The largest absolute Gasteiger partial charge is 0.490 e. The van der Waals surface area contributed by atoms with Crippen LogP contribution in [0.5, 0.6) is 11.5 Å². The molecule has 160 valence electrons. The van der Waals surface area contributed by atoms with Gasteiger partial charge in [-0.3, -0.25) is 9.59 Å². The Hall–Kier alpha value is -3.13. The first kappa shape index (κ1) is 21.6. The van der Waals surface area contributed by atoms with E-state index < -0.39 is 11.9 Å². The van der Waals surface area contributed by atoms with E-state index in [2.05, 4.69) is 10.6 Å². The molecule has 0 radical (unpaired) electrons. The van der Waals surface area contributed by atoms with Crippen LogP contribution in [0.3, 0.4) is 0 Å². The van der Waals surface area contributed by atoms with E-state index in [1.54, 1.807) is 24.3 Å². The summed E-state index contributed by atoms with van der Waals surface area (Å²) in [5.41, 5.74) is 6.53. The summed E-state index contributed by atoms with van der Waals surface area (Å²) in [5.74, 6) is -0.0436. The van der Waals surface area contributed by atoms with Gasteiger partial charge in [-0.2, -0.15) is 0 Å². The second-order valence-electron chi connectivity index (χ2n) is 7.06. The molecule has 0 aliphatic carbocycles. The van der Waals surface area contributed by atoms with Gasteiger partial charge in [-0.05, 0) is 37.1 Å². The number of amides is 2. The van der Waals surface area contributed by atoms with Crippen LogP contribution in [0.25, 0.3) is 0 Å². The van der Waals surface area contributed by atoms with Crippen molar-refractivity contribution in [2.24, 2.45) is 5.73 Å². The predicted molar refractivity (Wildman–Crippen MR) is 109 cm³/mol. The number of hydrogen-bond acceptors (Lipinski definition) is 5. The van der Waals surface area contributed by atoms with E-state index in [0.29, 0.717) is 43.1 Å². The van der Waals surface area contributed by atoms with Crippen molar-refractivity contribution < 1.29 is 23.5 Å². The summed E-state index contributed by atoms with van der Waals surface area (Å²) >= 11 is 0. The van der Waals surface area contributed by atoms with Gasteiger partial charge >= 0.3 is 0 Å². The quantitative estimate of drug-likeness (QED) is 0.583. The molecule has 7 nitrogen and oxygen atoms in total. The van der Waals surface area contributed by atoms with Gasteiger partial charge < -0.3 is 25.8 Å². The van der Waals surface area contributed by atoms with E-state index in [4.69, 9.17) is 15.2 Å². The molecule has 1 aliphatic rings. The summed E-state index contributed by atoms with van der Waals surface area (Å²) in [6.07, 6.45) is 0.982. The SMILES string of the molecule is CCOc1cc(CN[C@@H]2CCC(=O)N[C@H]2c2ccccc2F)ccc1OCC(N)=O. The molecule has 0 unspecified atom stereocenters. The number of nitrogens with two attached hydrogens (primary N) is 1. The number of nitrogens with one attached hydrogen (secondary N) is 2. The van der Waals surface area contributed by atoms with Gasteiger partial charge in [0, 0.05) is 24.6 Å². The highest BCUT2D eigenvalue weighted by atomic mass is 19.1. The highest BCUT2D eigenvalue weighted by Crippen LogP contribution is 2.30.